The number of hydrogen-bond acceptors (Lipinski definition) is 3. The summed E-state index contributed by atoms with van der Waals surface area (Å²) in [6.45, 7) is 0. The molecule has 0 saturated heterocycles. The third kappa shape index (κ3) is 2.87. The normalized spacial score (nSPS) is 10.6. The largest absolute Gasteiger partial charge is 0.481 e. The lowest BCUT2D eigenvalue weighted by atomic mass is 10.2. The van der Waals surface area contributed by atoms with Crippen LogP contribution in [0, 0.1) is 0 Å². The molecule has 0 atom stereocenters. The average molecular weight is 266 g/mol. The first-order valence-electron chi connectivity index (χ1n) is 5.44. The summed E-state index contributed by atoms with van der Waals surface area (Å²) < 4.78 is 1.63. The molecule has 0 spiro atoms. The van der Waals surface area contributed by atoms with E-state index in [9.17, 15) is 4.79 Å². The van der Waals surface area contributed by atoms with Crippen LogP contribution in [0.5, 0.6) is 0 Å². The van der Waals surface area contributed by atoms with E-state index in [4.69, 9.17) is 16.7 Å². The van der Waals surface area contributed by atoms with Gasteiger partial charge in [0.05, 0.1) is 6.42 Å². The van der Waals surface area contributed by atoms with Gasteiger partial charge in [-0.05, 0) is 12.1 Å². The van der Waals surface area contributed by atoms with Crippen molar-refractivity contribution in [1.29, 1.82) is 0 Å². The first-order valence-corrected chi connectivity index (χ1v) is 5.81. The summed E-state index contributed by atoms with van der Waals surface area (Å²) >= 11 is 5.92. The van der Waals surface area contributed by atoms with E-state index in [2.05, 4.69) is 10.1 Å². The first-order chi connectivity index (χ1) is 8.56. The van der Waals surface area contributed by atoms with Crippen LogP contribution in [0.15, 0.2) is 24.3 Å². The van der Waals surface area contributed by atoms with Gasteiger partial charge in [-0.1, -0.05) is 23.7 Å². The molecule has 18 heavy (non-hydrogen) atoms. The Hall–Kier alpha value is -1.88. The molecule has 0 saturated carbocycles. The Labute approximate surface area is 109 Å². The monoisotopic (exact) mass is 265 g/mol. The number of rotatable bonds is 4. The lowest BCUT2D eigenvalue weighted by molar-refractivity contribution is -0.137. The van der Waals surface area contributed by atoms with Crippen molar-refractivity contribution in [1.82, 2.24) is 14.8 Å². The summed E-state index contributed by atoms with van der Waals surface area (Å²) in [6.07, 6.45) is 0.350. The lowest BCUT2D eigenvalue weighted by Gasteiger charge is -1.99. The average Bonchev–Trinajstić information content (AvgIpc) is 2.68. The Morgan fingerprint density at radius 2 is 2.28 bits per heavy atom. The third-order valence-electron chi connectivity index (χ3n) is 2.45. The van der Waals surface area contributed by atoms with Gasteiger partial charge >= 0.3 is 5.97 Å². The maximum Gasteiger partial charge on any atom is 0.303 e. The number of aromatic nitrogens is 3. The number of halogens is 1. The summed E-state index contributed by atoms with van der Waals surface area (Å²) in [5.41, 5.74) is 0.860. The van der Waals surface area contributed by atoms with Crippen molar-refractivity contribution in [2.24, 2.45) is 7.05 Å². The molecule has 0 fully saturated rings. The number of carboxylic acid groups (broad SMARTS) is 1. The van der Waals surface area contributed by atoms with E-state index in [1.165, 1.54) is 0 Å². The predicted octanol–water partition coefficient (Wildman–Crippen LogP) is 2.15. The fourth-order valence-electron chi connectivity index (χ4n) is 1.64. The molecule has 94 valence electrons. The molecule has 0 bridgehead atoms. The summed E-state index contributed by atoms with van der Waals surface area (Å²) in [4.78, 5) is 14.8. The van der Waals surface area contributed by atoms with Crippen LogP contribution in [0.4, 0.5) is 0 Å². The van der Waals surface area contributed by atoms with Crippen molar-refractivity contribution in [3.8, 4) is 11.4 Å². The van der Waals surface area contributed by atoms with Crippen molar-refractivity contribution in [2.45, 2.75) is 12.8 Å². The highest BCUT2D eigenvalue weighted by Gasteiger charge is 2.10. The molecule has 2 aromatic rings. The van der Waals surface area contributed by atoms with E-state index in [0.29, 0.717) is 23.1 Å². The number of benzene rings is 1. The minimum Gasteiger partial charge on any atom is -0.481 e. The molecule has 1 aromatic carbocycles. The van der Waals surface area contributed by atoms with E-state index in [-0.39, 0.29) is 6.42 Å². The number of aliphatic carboxylic acids is 1. The second-order valence-corrected chi connectivity index (χ2v) is 4.32. The summed E-state index contributed by atoms with van der Waals surface area (Å²) in [7, 11) is 1.77. The SMILES string of the molecule is Cn1nc(CCC(=O)O)nc1-c1cccc(Cl)c1. The molecule has 1 N–H and O–H groups in total. The number of carbonyl (C=O) groups is 1. The van der Waals surface area contributed by atoms with Crippen molar-refractivity contribution in [3.05, 3.63) is 35.1 Å². The van der Waals surface area contributed by atoms with Crippen LogP contribution in [0.3, 0.4) is 0 Å². The highest BCUT2D eigenvalue weighted by molar-refractivity contribution is 6.30. The topological polar surface area (TPSA) is 68.0 Å². The van der Waals surface area contributed by atoms with Gasteiger partial charge in [0.2, 0.25) is 0 Å². The minimum atomic E-state index is -0.855. The van der Waals surface area contributed by atoms with Crippen molar-refractivity contribution in [2.75, 3.05) is 0 Å². The smallest absolute Gasteiger partial charge is 0.303 e. The van der Waals surface area contributed by atoms with Gasteiger partial charge in [-0.3, -0.25) is 4.79 Å². The van der Waals surface area contributed by atoms with Gasteiger partial charge in [0.1, 0.15) is 0 Å². The maximum atomic E-state index is 10.5. The maximum absolute atomic E-state index is 10.5. The zero-order valence-electron chi connectivity index (χ0n) is 9.80. The Balaban J connectivity index is 2.26. The Kier molecular flexibility index (Phi) is 3.62. The second-order valence-electron chi connectivity index (χ2n) is 3.88. The van der Waals surface area contributed by atoms with Crippen LogP contribution in [0.2, 0.25) is 5.02 Å². The fourth-order valence-corrected chi connectivity index (χ4v) is 1.83. The van der Waals surface area contributed by atoms with E-state index in [0.717, 1.165) is 5.56 Å². The van der Waals surface area contributed by atoms with Crippen LogP contribution in [-0.2, 0) is 18.3 Å². The number of carboxylic acids is 1. The third-order valence-corrected chi connectivity index (χ3v) is 2.69. The zero-order chi connectivity index (χ0) is 13.1. The van der Waals surface area contributed by atoms with Crippen LogP contribution < -0.4 is 0 Å². The molecular weight excluding hydrogens is 254 g/mol. The summed E-state index contributed by atoms with van der Waals surface area (Å²) in [5, 5.41) is 13.4. The standard InChI is InChI=1S/C12H12ClN3O2/c1-16-12(8-3-2-4-9(13)7-8)14-10(15-16)5-6-11(17)18/h2-4,7H,5-6H2,1H3,(H,17,18). The van der Waals surface area contributed by atoms with Gasteiger partial charge in [0.25, 0.3) is 0 Å². The quantitative estimate of drug-likeness (QED) is 0.920. The zero-order valence-corrected chi connectivity index (χ0v) is 10.6. The molecule has 1 aromatic heterocycles. The number of nitrogens with zero attached hydrogens (tertiary/aromatic N) is 3. The van der Waals surface area contributed by atoms with Crippen LogP contribution in [-0.4, -0.2) is 25.8 Å². The summed E-state index contributed by atoms with van der Waals surface area (Å²) in [6, 6.07) is 7.31. The van der Waals surface area contributed by atoms with E-state index in [1.807, 2.05) is 12.1 Å². The van der Waals surface area contributed by atoms with E-state index >= 15 is 0 Å². The molecule has 1 heterocycles. The van der Waals surface area contributed by atoms with E-state index in [1.54, 1.807) is 23.9 Å². The van der Waals surface area contributed by atoms with Crippen LogP contribution in [0.1, 0.15) is 12.2 Å². The highest BCUT2D eigenvalue weighted by atomic mass is 35.5. The van der Waals surface area contributed by atoms with Crippen molar-refractivity contribution in [3.63, 3.8) is 0 Å². The van der Waals surface area contributed by atoms with Crippen LogP contribution >= 0.6 is 11.6 Å². The molecule has 0 radical (unpaired) electrons. The predicted molar refractivity (Wildman–Crippen MR) is 67.4 cm³/mol. The molecule has 0 aliphatic heterocycles. The fraction of sp³-hybridized carbons (Fsp3) is 0.250. The van der Waals surface area contributed by atoms with Crippen molar-refractivity contribution >= 4 is 17.6 Å². The Morgan fingerprint density at radius 3 is 2.94 bits per heavy atom. The second kappa shape index (κ2) is 5.18. The molecule has 2 rings (SSSR count). The molecule has 0 amide bonds. The van der Waals surface area contributed by atoms with Gasteiger partial charge in [0.15, 0.2) is 11.6 Å². The van der Waals surface area contributed by atoms with Gasteiger partial charge in [-0.15, -0.1) is 0 Å². The van der Waals surface area contributed by atoms with Crippen molar-refractivity contribution < 1.29 is 9.90 Å². The minimum absolute atomic E-state index is 0.0268. The van der Waals surface area contributed by atoms with Crippen LogP contribution in [0.25, 0.3) is 11.4 Å². The molecular formula is C12H12ClN3O2. The van der Waals surface area contributed by atoms with Gasteiger partial charge in [0, 0.05) is 24.1 Å². The molecule has 5 nitrogen and oxygen atoms in total. The number of aryl methyl sites for hydroxylation is 2. The highest BCUT2D eigenvalue weighted by Crippen LogP contribution is 2.20. The van der Waals surface area contributed by atoms with Gasteiger partial charge in [-0.25, -0.2) is 9.67 Å². The Morgan fingerprint density at radius 1 is 1.50 bits per heavy atom. The van der Waals surface area contributed by atoms with Gasteiger partial charge in [-0.2, -0.15) is 5.10 Å². The summed E-state index contributed by atoms with van der Waals surface area (Å²) in [5.74, 6) is 0.347. The van der Waals surface area contributed by atoms with Gasteiger partial charge < -0.3 is 5.11 Å². The Bertz CT molecular complexity index is 580. The van der Waals surface area contributed by atoms with E-state index < -0.39 is 5.97 Å². The molecule has 6 heteroatoms. The molecule has 0 unspecified atom stereocenters. The lowest BCUT2D eigenvalue weighted by Crippen LogP contribution is -1.99. The first kappa shape index (κ1) is 12.6. The molecule has 0 aliphatic rings. The molecule has 0 aliphatic carbocycles. The number of hydrogen-bond donors (Lipinski definition) is 1.